The number of benzene rings is 1. The van der Waals surface area contributed by atoms with E-state index in [2.05, 4.69) is 10.6 Å². The van der Waals surface area contributed by atoms with Gasteiger partial charge in [-0.1, -0.05) is 11.6 Å². The van der Waals surface area contributed by atoms with Crippen molar-refractivity contribution in [3.8, 4) is 5.75 Å². The number of ether oxygens (including phenoxy) is 2. The van der Waals surface area contributed by atoms with E-state index in [0.29, 0.717) is 28.6 Å². The van der Waals surface area contributed by atoms with E-state index in [0.717, 1.165) is 0 Å². The Morgan fingerprint density at radius 3 is 2.64 bits per heavy atom. The largest absolute Gasteiger partial charge is 0.495 e. The van der Waals surface area contributed by atoms with Gasteiger partial charge in [-0.15, -0.1) is 0 Å². The zero-order valence-electron chi connectivity index (χ0n) is 13.8. The van der Waals surface area contributed by atoms with E-state index in [4.69, 9.17) is 26.8 Å². The van der Waals surface area contributed by atoms with Gasteiger partial charge in [0.1, 0.15) is 11.8 Å². The van der Waals surface area contributed by atoms with Crippen LogP contribution < -0.4 is 21.1 Å². The Balaban J connectivity index is 2.54. The number of carbonyl (C=O) groups excluding carboxylic acids is 3. The Hall–Kier alpha value is -2.13. The molecule has 0 aliphatic rings. The van der Waals surface area contributed by atoms with Crippen molar-refractivity contribution < 1.29 is 23.9 Å². The molecule has 138 valence electrons. The Morgan fingerprint density at radius 2 is 2.08 bits per heavy atom. The van der Waals surface area contributed by atoms with E-state index in [-0.39, 0.29) is 0 Å². The Bertz CT molecular complexity index is 629. The lowest BCUT2D eigenvalue weighted by atomic mass is 10.2. The van der Waals surface area contributed by atoms with Gasteiger partial charge in [-0.3, -0.25) is 4.79 Å². The first kappa shape index (κ1) is 20.9. The number of amides is 3. The van der Waals surface area contributed by atoms with E-state index in [9.17, 15) is 14.4 Å². The van der Waals surface area contributed by atoms with E-state index in [1.54, 1.807) is 12.1 Å². The normalized spacial score (nSPS) is 11.3. The molecule has 0 aliphatic carbocycles. The van der Waals surface area contributed by atoms with Crippen LogP contribution in [-0.2, 0) is 14.3 Å². The molecule has 0 heterocycles. The summed E-state index contributed by atoms with van der Waals surface area (Å²) in [4.78, 5) is 34.8. The fourth-order valence-corrected chi connectivity index (χ4v) is 2.56. The summed E-state index contributed by atoms with van der Waals surface area (Å²) in [6.07, 6.45) is 2.21. The second kappa shape index (κ2) is 10.7. The highest BCUT2D eigenvalue weighted by Gasteiger charge is 2.21. The van der Waals surface area contributed by atoms with Crippen molar-refractivity contribution in [3.05, 3.63) is 23.2 Å². The topological polar surface area (TPSA) is 120 Å². The molecule has 0 unspecified atom stereocenters. The summed E-state index contributed by atoms with van der Waals surface area (Å²) in [5.74, 6) is -0.176. The summed E-state index contributed by atoms with van der Waals surface area (Å²) < 4.78 is 9.94. The predicted octanol–water partition coefficient (Wildman–Crippen LogP) is 1.62. The smallest absolute Gasteiger partial charge is 0.329 e. The number of carbonyl (C=O) groups is 3. The summed E-state index contributed by atoms with van der Waals surface area (Å²) in [6.45, 7) is -0.501. The number of anilines is 1. The molecule has 1 rings (SSSR count). The van der Waals surface area contributed by atoms with Crippen LogP contribution in [0.15, 0.2) is 18.2 Å². The van der Waals surface area contributed by atoms with Gasteiger partial charge in [0.15, 0.2) is 6.61 Å². The zero-order valence-corrected chi connectivity index (χ0v) is 15.4. The molecule has 0 saturated heterocycles. The average molecular weight is 390 g/mol. The highest BCUT2D eigenvalue weighted by Crippen LogP contribution is 2.27. The van der Waals surface area contributed by atoms with Gasteiger partial charge >= 0.3 is 12.0 Å². The first-order valence-corrected chi connectivity index (χ1v) is 8.99. The second-order valence-corrected chi connectivity index (χ2v) is 6.24. The molecular formula is C15H20ClN3O5S. The van der Waals surface area contributed by atoms with Gasteiger partial charge in [0.05, 0.1) is 12.1 Å². The van der Waals surface area contributed by atoms with E-state index >= 15 is 0 Å². The quantitative estimate of drug-likeness (QED) is 0.552. The van der Waals surface area contributed by atoms with Crippen molar-refractivity contribution in [1.82, 2.24) is 5.32 Å². The second-order valence-electron chi connectivity index (χ2n) is 4.85. The summed E-state index contributed by atoms with van der Waals surface area (Å²) in [6, 6.07) is 2.98. The standard InChI is InChI=1S/C15H20ClN3O5S/c1-23-12-4-3-9(7-10(12)16)18-13(20)8-24-14(21)11(5-6-25-2)19-15(17)22/h3-4,7,11H,5-6,8H2,1-2H3,(H,18,20)(H3,17,19,22)/t11-/m1/s1. The van der Waals surface area contributed by atoms with Crippen LogP contribution in [0.4, 0.5) is 10.5 Å². The summed E-state index contributed by atoms with van der Waals surface area (Å²) in [5.41, 5.74) is 5.46. The monoisotopic (exact) mass is 389 g/mol. The summed E-state index contributed by atoms with van der Waals surface area (Å²) >= 11 is 7.47. The van der Waals surface area contributed by atoms with Crippen LogP contribution in [0.3, 0.4) is 0 Å². The number of methoxy groups -OCH3 is 1. The number of nitrogens with two attached hydrogens (primary N) is 1. The highest BCUT2D eigenvalue weighted by atomic mass is 35.5. The van der Waals surface area contributed by atoms with E-state index in [1.807, 2.05) is 6.26 Å². The van der Waals surface area contributed by atoms with Crippen molar-refractivity contribution in [3.63, 3.8) is 0 Å². The zero-order chi connectivity index (χ0) is 18.8. The molecule has 10 heteroatoms. The molecule has 1 aromatic carbocycles. The molecule has 4 N–H and O–H groups in total. The minimum atomic E-state index is -0.895. The lowest BCUT2D eigenvalue weighted by Gasteiger charge is -2.16. The molecule has 8 nitrogen and oxygen atoms in total. The third-order valence-corrected chi connectivity index (χ3v) is 3.93. The molecule has 0 saturated carbocycles. The molecular weight excluding hydrogens is 370 g/mol. The van der Waals surface area contributed by atoms with Gasteiger partial charge in [0, 0.05) is 5.69 Å². The number of nitrogens with one attached hydrogen (secondary N) is 2. The average Bonchev–Trinajstić information content (AvgIpc) is 2.56. The van der Waals surface area contributed by atoms with Crippen molar-refractivity contribution in [1.29, 1.82) is 0 Å². The number of urea groups is 1. The maximum Gasteiger partial charge on any atom is 0.329 e. The maximum absolute atomic E-state index is 12.0. The number of hydrogen-bond donors (Lipinski definition) is 3. The first-order valence-electron chi connectivity index (χ1n) is 7.22. The summed E-state index contributed by atoms with van der Waals surface area (Å²) in [5, 5.41) is 5.17. The first-order chi connectivity index (χ1) is 11.9. The predicted molar refractivity (Wildman–Crippen MR) is 97.1 cm³/mol. The third-order valence-electron chi connectivity index (χ3n) is 2.99. The molecule has 0 aliphatic heterocycles. The van der Waals surface area contributed by atoms with Crippen molar-refractivity contribution in [2.24, 2.45) is 5.73 Å². The lowest BCUT2D eigenvalue weighted by Crippen LogP contribution is -2.45. The van der Waals surface area contributed by atoms with Gasteiger partial charge in [0.25, 0.3) is 5.91 Å². The number of rotatable bonds is 9. The minimum absolute atomic E-state index is 0.333. The van der Waals surface area contributed by atoms with Crippen LogP contribution in [0.1, 0.15) is 6.42 Å². The van der Waals surface area contributed by atoms with Gasteiger partial charge in [0.2, 0.25) is 0 Å². The van der Waals surface area contributed by atoms with Crippen LogP contribution in [0.25, 0.3) is 0 Å². The number of esters is 1. The molecule has 1 atom stereocenters. The fourth-order valence-electron chi connectivity index (χ4n) is 1.83. The molecule has 0 fully saturated rings. The molecule has 1 aromatic rings. The van der Waals surface area contributed by atoms with Crippen LogP contribution >= 0.6 is 23.4 Å². The fraction of sp³-hybridized carbons (Fsp3) is 0.400. The molecule has 0 radical (unpaired) electrons. The molecule has 0 spiro atoms. The van der Waals surface area contributed by atoms with Gasteiger partial charge < -0.3 is 25.8 Å². The Kier molecular flexibility index (Phi) is 8.93. The SMILES string of the molecule is COc1ccc(NC(=O)COC(=O)[C@@H](CCSC)NC(N)=O)cc1Cl. The highest BCUT2D eigenvalue weighted by molar-refractivity contribution is 7.98. The van der Waals surface area contributed by atoms with Gasteiger partial charge in [-0.25, -0.2) is 9.59 Å². The number of halogens is 1. The van der Waals surface area contributed by atoms with Gasteiger partial charge in [-0.2, -0.15) is 11.8 Å². The van der Waals surface area contributed by atoms with Crippen LogP contribution in [0, 0.1) is 0 Å². The molecule has 3 amide bonds. The molecule has 25 heavy (non-hydrogen) atoms. The molecule has 0 aromatic heterocycles. The number of thioether (sulfide) groups is 1. The number of hydrogen-bond acceptors (Lipinski definition) is 6. The third kappa shape index (κ3) is 7.53. The Morgan fingerprint density at radius 1 is 1.36 bits per heavy atom. The lowest BCUT2D eigenvalue weighted by molar-refractivity contribution is -0.149. The van der Waals surface area contributed by atoms with Crippen LogP contribution in [-0.4, -0.2) is 49.7 Å². The minimum Gasteiger partial charge on any atom is -0.495 e. The number of primary amides is 1. The van der Waals surface area contributed by atoms with E-state index in [1.165, 1.54) is 24.9 Å². The summed E-state index contributed by atoms with van der Waals surface area (Å²) in [7, 11) is 1.48. The van der Waals surface area contributed by atoms with Crippen molar-refractivity contribution >= 4 is 47.0 Å². The van der Waals surface area contributed by atoms with Crippen molar-refractivity contribution in [2.45, 2.75) is 12.5 Å². The van der Waals surface area contributed by atoms with E-state index < -0.39 is 30.6 Å². The van der Waals surface area contributed by atoms with Crippen LogP contribution in [0.5, 0.6) is 5.75 Å². The van der Waals surface area contributed by atoms with Gasteiger partial charge in [-0.05, 0) is 36.6 Å². The van der Waals surface area contributed by atoms with Crippen molar-refractivity contribution in [2.75, 3.05) is 31.0 Å². The van der Waals surface area contributed by atoms with Crippen LogP contribution in [0.2, 0.25) is 5.02 Å². The Labute approximate surface area is 154 Å². The maximum atomic E-state index is 12.0. The molecule has 0 bridgehead atoms.